The van der Waals surface area contributed by atoms with Gasteiger partial charge in [0.05, 0.1) is 35.6 Å². The van der Waals surface area contributed by atoms with Crippen molar-refractivity contribution < 1.29 is 26.7 Å². The van der Waals surface area contributed by atoms with Gasteiger partial charge in [0.15, 0.2) is 5.25 Å². The van der Waals surface area contributed by atoms with Crippen molar-refractivity contribution in [2.45, 2.75) is 83.3 Å². The standard InChI is InChI=1S/C33H43F2N7O4S/c1-4-5-18-46-30(43)24(3)47(44,45)39-26-6-7-28(29(20-26)40-14-10-32(8-9-32)11-15-40)42-22-25(21-36-42)27-19-23(2)37-31(38-27)41-16-12-33(34,35)13-17-41/h6-7,19-22,24,39H,4-5,8-18H2,1-3H3. The van der Waals surface area contributed by atoms with E-state index in [-0.39, 0.29) is 32.5 Å². The number of benzene rings is 1. The Balaban J connectivity index is 1.27. The summed E-state index contributed by atoms with van der Waals surface area (Å²) in [5.41, 5.74) is 4.47. The van der Waals surface area contributed by atoms with Gasteiger partial charge in [-0.3, -0.25) is 9.52 Å². The van der Waals surface area contributed by atoms with Gasteiger partial charge in [0, 0.05) is 56.5 Å². The van der Waals surface area contributed by atoms with Gasteiger partial charge in [-0.2, -0.15) is 5.10 Å². The third-order valence-electron chi connectivity index (χ3n) is 9.64. The number of hydrogen-bond donors (Lipinski definition) is 1. The number of esters is 1. The quantitative estimate of drug-likeness (QED) is 0.201. The van der Waals surface area contributed by atoms with E-state index in [2.05, 4.69) is 19.7 Å². The highest BCUT2D eigenvalue weighted by Gasteiger charge is 2.44. The van der Waals surface area contributed by atoms with Crippen LogP contribution < -0.4 is 14.5 Å². The molecule has 47 heavy (non-hydrogen) atoms. The monoisotopic (exact) mass is 671 g/mol. The Labute approximate surface area is 274 Å². The number of ether oxygens (including phenoxy) is 1. The van der Waals surface area contributed by atoms with Gasteiger partial charge in [-0.15, -0.1) is 0 Å². The smallest absolute Gasteiger partial charge is 0.325 e. The van der Waals surface area contributed by atoms with Crippen LogP contribution in [0.15, 0.2) is 36.7 Å². The van der Waals surface area contributed by atoms with Crippen molar-refractivity contribution in [2.75, 3.05) is 47.3 Å². The van der Waals surface area contributed by atoms with Crippen molar-refractivity contribution in [3.8, 4) is 16.9 Å². The van der Waals surface area contributed by atoms with Gasteiger partial charge >= 0.3 is 5.97 Å². The number of rotatable bonds is 11. The van der Waals surface area contributed by atoms with Crippen LogP contribution in [0.4, 0.5) is 26.1 Å². The molecule has 254 valence electrons. The lowest BCUT2D eigenvalue weighted by Gasteiger charge is -2.35. The van der Waals surface area contributed by atoms with Gasteiger partial charge in [0.2, 0.25) is 16.0 Å². The largest absolute Gasteiger partial charge is 0.465 e. The fourth-order valence-electron chi connectivity index (χ4n) is 6.21. The summed E-state index contributed by atoms with van der Waals surface area (Å²) in [4.78, 5) is 25.7. The molecule has 1 N–H and O–H groups in total. The first-order chi connectivity index (χ1) is 22.4. The van der Waals surface area contributed by atoms with Crippen LogP contribution in [0, 0.1) is 12.3 Å². The van der Waals surface area contributed by atoms with Crippen LogP contribution in [0.2, 0.25) is 0 Å². The molecule has 1 atom stereocenters. The number of hydrogen-bond acceptors (Lipinski definition) is 9. The molecule has 14 heteroatoms. The molecule has 0 amide bonds. The summed E-state index contributed by atoms with van der Waals surface area (Å²) >= 11 is 0. The Hall–Kier alpha value is -3.81. The number of carbonyl (C=O) groups is 1. The molecule has 1 spiro atoms. The molecule has 0 bridgehead atoms. The minimum absolute atomic E-state index is 0.184. The molecule has 1 unspecified atom stereocenters. The summed E-state index contributed by atoms with van der Waals surface area (Å²) in [6.45, 7) is 7.37. The zero-order valence-electron chi connectivity index (χ0n) is 27.2. The van der Waals surface area contributed by atoms with Gasteiger partial charge in [-0.25, -0.2) is 31.8 Å². The molecule has 3 fully saturated rings. The van der Waals surface area contributed by atoms with Crippen molar-refractivity contribution in [1.82, 2.24) is 19.7 Å². The summed E-state index contributed by atoms with van der Waals surface area (Å²) < 4.78 is 63.4. The van der Waals surface area contributed by atoms with E-state index >= 15 is 0 Å². The second kappa shape index (κ2) is 13.0. The van der Waals surface area contributed by atoms with Gasteiger partial charge < -0.3 is 14.5 Å². The molecule has 1 aliphatic carbocycles. The first kappa shape index (κ1) is 33.1. The van der Waals surface area contributed by atoms with E-state index in [4.69, 9.17) is 9.72 Å². The Morgan fingerprint density at radius 3 is 2.38 bits per heavy atom. The second-order valence-corrected chi connectivity index (χ2v) is 15.2. The fourth-order valence-corrected chi connectivity index (χ4v) is 7.16. The summed E-state index contributed by atoms with van der Waals surface area (Å²) in [6.07, 6.45) is 9.25. The Morgan fingerprint density at radius 2 is 1.70 bits per heavy atom. The number of carbonyl (C=O) groups excluding carboxylic acids is 1. The van der Waals surface area contributed by atoms with E-state index in [9.17, 15) is 22.0 Å². The minimum atomic E-state index is -4.06. The number of aromatic nitrogens is 4. The molecule has 3 aliphatic rings. The molecule has 11 nitrogen and oxygen atoms in total. The number of unbranched alkanes of at least 4 members (excludes halogenated alkanes) is 1. The molecule has 3 aromatic rings. The summed E-state index contributed by atoms with van der Waals surface area (Å²) in [5, 5.41) is 3.29. The number of aryl methyl sites for hydroxylation is 1. The van der Waals surface area contributed by atoms with Crippen molar-refractivity contribution in [3.05, 3.63) is 42.4 Å². The summed E-state index contributed by atoms with van der Waals surface area (Å²) in [5.74, 6) is -3.02. The van der Waals surface area contributed by atoms with Crippen LogP contribution in [-0.2, 0) is 19.6 Å². The van der Waals surface area contributed by atoms with Gasteiger partial charge in [-0.1, -0.05) is 13.3 Å². The molecule has 1 aromatic carbocycles. The fraction of sp³-hybridized carbons (Fsp3) is 0.576. The van der Waals surface area contributed by atoms with E-state index in [1.165, 1.54) is 19.8 Å². The predicted molar refractivity (Wildman–Crippen MR) is 177 cm³/mol. The highest BCUT2D eigenvalue weighted by molar-refractivity contribution is 7.94. The van der Waals surface area contributed by atoms with E-state index in [1.54, 1.807) is 27.9 Å². The maximum atomic E-state index is 13.8. The SMILES string of the molecule is CCCCOC(=O)C(C)S(=O)(=O)Nc1ccc(-n2cc(-c3cc(C)nc(N4CCC(F)(F)CC4)n3)cn2)c(N2CCC3(CC2)CC3)c1. The lowest BCUT2D eigenvalue weighted by Crippen LogP contribution is -2.40. The molecule has 0 radical (unpaired) electrons. The number of alkyl halides is 2. The van der Waals surface area contributed by atoms with Gasteiger partial charge in [0.1, 0.15) is 0 Å². The number of nitrogens with one attached hydrogen (secondary N) is 1. The van der Waals surface area contributed by atoms with Crippen molar-refractivity contribution in [2.24, 2.45) is 5.41 Å². The third kappa shape index (κ3) is 7.52. The average molecular weight is 672 g/mol. The van der Waals surface area contributed by atoms with Crippen LogP contribution >= 0.6 is 0 Å². The van der Waals surface area contributed by atoms with Crippen LogP contribution in [0.25, 0.3) is 16.9 Å². The molecular weight excluding hydrogens is 628 g/mol. The Bertz CT molecular complexity index is 1710. The van der Waals surface area contributed by atoms with E-state index in [1.807, 2.05) is 32.2 Å². The van der Waals surface area contributed by atoms with Crippen molar-refractivity contribution >= 4 is 33.3 Å². The highest BCUT2D eigenvalue weighted by atomic mass is 32.2. The lowest BCUT2D eigenvalue weighted by molar-refractivity contribution is -0.142. The third-order valence-corrected chi connectivity index (χ3v) is 11.3. The normalized spacial score (nSPS) is 19.4. The number of anilines is 3. The van der Waals surface area contributed by atoms with Gasteiger partial charge in [-0.05, 0) is 75.6 Å². The van der Waals surface area contributed by atoms with E-state index in [0.717, 1.165) is 55.0 Å². The second-order valence-electron chi connectivity index (χ2n) is 13.2. The molecule has 6 rings (SSSR count). The van der Waals surface area contributed by atoms with Crippen LogP contribution in [-0.4, -0.2) is 78.1 Å². The molecule has 2 aliphatic heterocycles. The van der Waals surface area contributed by atoms with Crippen LogP contribution in [0.3, 0.4) is 0 Å². The topological polar surface area (TPSA) is 123 Å². The zero-order chi connectivity index (χ0) is 33.4. The molecule has 2 saturated heterocycles. The number of halogens is 2. The molecule has 1 saturated carbocycles. The first-order valence-corrected chi connectivity index (χ1v) is 18.0. The highest BCUT2D eigenvalue weighted by Crippen LogP contribution is 2.54. The maximum Gasteiger partial charge on any atom is 0.325 e. The maximum absolute atomic E-state index is 13.8. The Kier molecular flexibility index (Phi) is 9.16. The lowest BCUT2D eigenvalue weighted by atomic mass is 9.93. The number of sulfonamides is 1. The molecule has 2 aromatic heterocycles. The number of nitrogens with zero attached hydrogens (tertiary/aromatic N) is 6. The Morgan fingerprint density at radius 1 is 1.00 bits per heavy atom. The predicted octanol–water partition coefficient (Wildman–Crippen LogP) is 5.73. The van der Waals surface area contributed by atoms with Gasteiger partial charge in [0.25, 0.3) is 5.92 Å². The molecular formula is C33H43F2N7O4S. The average Bonchev–Trinajstić information content (AvgIpc) is 3.60. The van der Waals surface area contributed by atoms with E-state index < -0.39 is 27.2 Å². The van der Waals surface area contributed by atoms with Crippen molar-refractivity contribution in [3.63, 3.8) is 0 Å². The summed E-state index contributed by atoms with van der Waals surface area (Å²) in [7, 11) is -4.06. The summed E-state index contributed by atoms with van der Waals surface area (Å²) in [6, 6.07) is 7.13. The van der Waals surface area contributed by atoms with E-state index in [0.29, 0.717) is 29.2 Å². The van der Waals surface area contributed by atoms with Crippen molar-refractivity contribution in [1.29, 1.82) is 0 Å². The zero-order valence-corrected chi connectivity index (χ0v) is 28.0. The number of piperidine rings is 2. The van der Waals surface area contributed by atoms with Crippen LogP contribution in [0.1, 0.15) is 70.9 Å². The van der Waals surface area contributed by atoms with Crippen LogP contribution in [0.5, 0.6) is 0 Å². The first-order valence-electron chi connectivity index (χ1n) is 16.5. The minimum Gasteiger partial charge on any atom is -0.465 e. The molecule has 4 heterocycles.